The molecule has 0 aliphatic heterocycles. The van der Waals surface area contributed by atoms with Crippen LogP contribution in [0.25, 0.3) is 0 Å². The number of carbonyl (C=O) groups is 1. The molecular weight excluding hydrogens is 372 g/mol. The van der Waals surface area contributed by atoms with Gasteiger partial charge in [0.25, 0.3) is 0 Å². The molecule has 0 atom stereocenters. The number of amides is 1. The van der Waals surface area contributed by atoms with Crippen molar-refractivity contribution in [1.29, 1.82) is 0 Å². The summed E-state index contributed by atoms with van der Waals surface area (Å²) in [6.07, 6.45) is 0. The third-order valence-electron chi connectivity index (χ3n) is 3.93. The van der Waals surface area contributed by atoms with Crippen molar-refractivity contribution in [3.8, 4) is 5.75 Å². The molecule has 0 saturated heterocycles. The molecule has 3 aromatic rings. The van der Waals surface area contributed by atoms with E-state index in [0.29, 0.717) is 23.9 Å². The Morgan fingerprint density at radius 2 is 1.79 bits per heavy atom. The van der Waals surface area contributed by atoms with E-state index < -0.39 is 0 Å². The number of nitrogens with zero attached hydrogens (tertiary/aromatic N) is 2. The minimum atomic E-state index is -0.0547. The van der Waals surface area contributed by atoms with Crippen LogP contribution in [0.2, 0.25) is 0 Å². The Bertz CT molecular complexity index is 888. The number of hydrogen-bond acceptors (Lipinski definition) is 6. The second-order valence-corrected chi connectivity index (χ2v) is 7.01. The lowest BCUT2D eigenvalue weighted by Gasteiger charge is -2.07. The van der Waals surface area contributed by atoms with Crippen LogP contribution in [0.3, 0.4) is 0 Å². The molecule has 1 aromatic heterocycles. The zero-order chi connectivity index (χ0) is 19.6. The molecular formula is C21H22N4O2S. The van der Waals surface area contributed by atoms with E-state index >= 15 is 0 Å². The van der Waals surface area contributed by atoms with Gasteiger partial charge in [-0.05, 0) is 35.4 Å². The summed E-state index contributed by atoms with van der Waals surface area (Å²) in [6, 6.07) is 21.4. The minimum absolute atomic E-state index is 0.0547. The van der Waals surface area contributed by atoms with E-state index in [1.54, 1.807) is 7.11 Å². The minimum Gasteiger partial charge on any atom is -0.497 e. The van der Waals surface area contributed by atoms with Gasteiger partial charge in [0.15, 0.2) is 0 Å². The summed E-state index contributed by atoms with van der Waals surface area (Å²) in [7, 11) is 1.62. The summed E-state index contributed by atoms with van der Waals surface area (Å²) in [5.74, 6) is 1.71. The lowest BCUT2D eigenvalue weighted by Crippen LogP contribution is -2.24. The summed E-state index contributed by atoms with van der Waals surface area (Å²) in [5, 5.41) is 15.1. The summed E-state index contributed by atoms with van der Waals surface area (Å²) < 4.78 is 5.18. The van der Waals surface area contributed by atoms with Crippen molar-refractivity contribution >= 4 is 23.5 Å². The number of ether oxygens (including phenoxy) is 1. The molecule has 0 unspecified atom stereocenters. The fraction of sp³-hybridized carbons (Fsp3) is 0.190. The zero-order valence-corrected chi connectivity index (χ0v) is 16.4. The van der Waals surface area contributed by atoms with E-state index in [1.807, 2.05) is 54.6 Å². The maximum absolute atomic E-state index is 12.0. The van der Waals surface area contributed by atoms with Crippen LogP contribution in [-0.4, -0.2) is 29.0 Å². The van der Waals surface area contributed by atoms with Gasteiger partial charge in [0.05, 0.1) is 12.9 Å². The number of nitrogens with one attached hydrogen (secondary N) is 2. The highest BCUT2D eigenvalue weighted by Crippen LogP contribution is 2.16. The predicted molar refractivity (Wildman–Crippen MR) is 111 cm³/mol. The molecule has 0 saturated carbocycles. The van der Waals surface area contributed by atoms with Gasteiger partial charge in [0.2, 0.25) is 5.91 Å². The standard InChI is InChI=1S/C21H22N4O2S/c1-27-18-9-5-8-17(12-18)14-23-20(26)15-28-21-11-10-19(24-25-21)22-13-16-6-3-2-4-7-16/h2-12H,13-15H2,1H3,(H,22,24)(H,23,26). The molecule has 2 aromatic carbocycles. The molecule has 1 heterocycles. The van der Waals surface area contributed by atoms with Gasteiger partial charge >= 0.3 is 0 Å². The number of aromatic nitrogens is 2. The number of hydrogen-bond donors (Lipinski definition) is 2. The van der Waals surface area contributed by atoms with Gasteiger partial charge in [-0.1, -0.05) is 54.2 Å². The Balaban J connectivity index is 1.40. The first-order valence-corrected chi connectivity index (χ1v) is 9.85. The summed E-state index contributed by atoms with van der Waals surface area (Å²) in [5.41, 5.74) is 2.17. The van der Waals surface area contributed by atoms with Gasteiger partial charge in [0.1, 0.15) is 16.6 Å². The maximum atomic E-state index is 12.0. The molecule has 0 spiro atoms. The average Bonchev–Trinajstić information content (AvgIpc) is 2.76. The molecule has 144 valence electrons. The van der Waals surface area contributed by atoms with E-state index in [1.165, 1.54) is 17.3 Å². The number of methoxy groups -OCH3 is 1. The van der Waals surface area contributed by atoms with Crippen molar-refractivity contribution in [2.24, 2.45) is 0 Å². The van der Waals surface area contributed by atoms with Crippen molar-refractivity contribution in [3.63, 3.8) is 0 Å². The molecule has 6 nitrogen and oxygen atoms in total. The highest BCUT2D eigenvalue weighted by Gasteiger charge is 2.05. The van der Waals surface area contributed by atoms with E-state index in [-0.39, 0.29) is 11.7 Å². The molecule has 28 heavy (non-hydrogen) atoms. The van der Waals surface area contributed by atoms with Crippen LogP contribution in [0.15, 0.2) is 71.8 Å². The molecule has 0 fully saturated rings. The fourth-order valence-electron chi connectivity index (χ4n) is 2.45. The van der Waals surface area contributed by atoms with Crippen LogP contribution in [0.5, 0.6) is 5.75 Å². The second kappa shape index (κ2) is 10.3. The first-order valence-electron chi connectivity index (χ1n) is 8.87. The highest BCUT2D eigenvalue weighted by atomic mass is 32.2. The lowest BCUT2D eigenvalue weighted by molar-refractivity contribution is -0.118. The van der Waals surface area contributed by atoms with Crippen LogP contribution in [-0.2, 0) is 17.9 Å². The smallest absolute Gasteiger partial charge is 0.230 e. The fourth-order valence-corrected chi connectivity index (χ4v) is 3.10. The number of benzene rings is 2. The van der Waals surface area contributed by atoms with Gasteiger partial charge in [-0.15, -0.1) is 10.2 Å². The Labute approximate surface area is 168 Å². The zero-order valence-electron chi connectivity index (χ0n) is 15.6. The predicted octanol–water partition coefficient (Wildman–Crippen LogP) is 3.51. The molecule has 0 aliphatic rings. The Morgan fingerprint density at radius 3 is 2.54 bits per heavy atom. The van der Waals surface area contributed by atoms with E-state index in [2.05, 4.69) is 33.0 Å². The lowest BCUT2D eigenvalue weighted by atomic mass is 10.2. The molecule has 3 rings (SSSR count). The van der Waals surface area contributed by atoms with Crippen LogP contribution >= 0.6 is 11.8 Å². The van der Waals surface area contributed by atoms with Crippen LogP contribution in [0, 0.1) is 0 Å². The normalized spacial score (nSPS) is 10.3. The maximum Gasteiger partial charge on any atom is 0.230 e. The summed E-state index contributed by atoms with van der Waals surface area (Å²) in [6.45, 7) is 1.15. The van der Waals surface area contributed by atoms with Crippen LogP contribution in [0.4, 0.5) is 5.82 Å². The van der Waals surface area contributed by atoms with Crippen molar-refractivity contribution in [3.05, 3.63) is 77.9 Å². The van der Waals surface area contributed by atoms with Gasteiger partial charge < -0.3 is 15.4 Å². The SMILES string of the molecule is COc1cccc(CNC(=O)CSc2ccc(NCc3ccccc3)nn2)c1. The van der Waals surface area contributed by atoms with Crippen LogP contribution in [0.1, 0.15) is 11.1 Å². The summed E-state index contributed by atoms with van der Waals surface area (Å²) >= 11 is 1.36. The third kappa shape index (κ3) is 6.28. The number of anilines is 1. The van der Waals surface area contributed by atoms with Gasteiger partial charge in [-0.3, -0.25) is 4.79 Å². The topological polar surface area (TPSA) is 76.1 Å². The highest BCUT2D eigenvalue weighted by molar-refractivity contribution is 7.99. The Hall–Kier alpha value is -3.06. The van der Waals surface area contributed by atoms with Crippen molar-refractivity contribution in [2.75, 3.05) is 18.2 Å². The molecule has 0 aliphatic carbocycles. The third-order valence-corrected chi connectivity index (χ3v) is 4.85. The largest absolute Gasteiger partial charge is 0.497 e. The van der Waals surface area contributed by atoms with E-state index in [0.717, 1.165) is 11.3 Å². The first-order chi connectivity index (χ1) is 13.7. The molecule has 1 amide bonds. The molecule has 0 bridgehead atoms. The van der Waals surface area contributed by atoms with E-state index in [9.17, 15) is 4.79 Å². The van der Waals surface area contributed by atoms with Crippen molar-refractivity contribution < 1.29 is 9.53 Å². The van der Waals surface area contributed by atoms with E-state index in [4.69, 9.17) is 4.74 Å². The van der Waals surface area contributed by atoms with Crippen molar-refractivity contribution in [2.45, 2.75) is 18.1 Å². The second-order valence-electron chi connectivity index (χ2n) is 6.01. The molecule has 0 radical (unpaired) electrons. The molecule has 2 N–H and O–H groups in total. The average molecular weight is 395 g/mol. The monoisotopic (exact) mass is 394 g/mol. The number of thioether (sulfide) groups is 1. The van der Waals surface area contributed by atoms with Crippen LogP contribution < -0.4 is 15.4 Å². The van der Waals surface area contributed by atoms with Gasteiger partial charge in [-0.25, -0.2) is 0 Å². The summed E-state index contributed by atoms with van der Waals surface area (Å²) in [4.78, 5) is 12.0. The number of carbonyl (C=O) groups excluding carboxylic acids is 1. The van der Waals surface area contributed by atoms with Crippen molar-refractivity contribution in [1.82, 2.24) is 15.5 Å². The number of rotatable bonds is 9. The van der Waals surface area contributed by atoms with Gasteiger partial charge in [-0.2, -0.15) is 0 Å². The molecule has 7 heteroatoms. The first kappa shape index (κ1) is 19.7. The quantitative estimate of drug-likeness (QED) is 0.541. The van der Waals surface area contributed by atoms with Gasteiger partial charge in [0, 0.05) is 13.1 Å². The Kier molecular flexibility index (Phi) is 7.26. The Morgan fingerprint density at radius 1 is 0.964 bits per heavy atom.